The summed E-state index contributed by atoms with van der Waals surface area (Å²) in [7, 11) is 0. The Morgan fingerprint density at radius 2 is 1.20 bits per heavy atom. The zero-order chi connectivity index (χ0) is 31.0. The van der Waals surface area contributed by atoms with Crippen molar-refractivity contribution in [2.45, 2.75) is 26.2 Å². The molecule has 0 fully saturated rings. The Hall–Kier alpha value is -5.67. The van der Waals surface area contributed by atoms with Gasteiger partial charge in [0.15, 0.2) is 0 Å². The van der Waals surface area contributed by atoms with Crippen LogP contribution in [0.25, 0.3) is 60.5 Å². The van der Waals surface area contributed by atoms with Crippen LogP contribution in [-0.4, -0.2) is 9.55 Å². The summed E-state index contributed by atoms with van der Waals surface area (Å²) in [6, 6.07) is 50.6. The maximum absolute atomic E-state index is 5.12. The number of nitrogens with zero attached hydrogens (tertiary/aromatic N) is 3. The Morgan fingerprint density at radius 3 is 2.04 bits per heavy atom. The molecule has 0 radical (unpaired) electrons. The number of hydrogen-bond acceptors (Lipinski definition) is 2. The SMILES string of the molecule is CC(C)(C)c1ccccc1-c1ccc2c3c(nccc13)N(c1ccc3c(c1)c1ccccc1n3-c1ccccc1)c1ccccc1-2. The van der Waals surface area contributed by atoms with Gasteiger partial charge in [-0.3, -0.25) is 4.90 Å². The predicted octanol–water partition coefficient (Wildman–Crippen LogP) is 11.7. The van der Waals surface area contributed by atoms with Crippen molar-refractivity contribution in [2.24, 2.45) is 0 Å². The van der Waals surface area contributed by atoms with Crippen molar-refractivity contribution in [3.8, 4) is 27.9 Å². The molecular formula is C43H33N3. The van der Waals surface area contributed by atoms with E-state index in [2.05, 4.69) is 170 Å². The van der Waals surface area contributed by atoms with Gasteiger partial charge in [0, 0.05) is 39.3 Å². The van der Waals surface area contributed by atoms with E-state index in [-0.39, 0.29) is 5.41 Å². The van der Waals surface area contributed by atoms with Crippen LogP contribution in [0.15, 0.2) is 146 Å². The van der Waals surface area contributed by atoms with E-state index in [1.807, 2.05) is 6.20 Å². The van der Waals surface area contributed by atoms with E-state index < -0.39 is 0 Å². The molecule has 9 rings (SSSR count). The molecule has 0 atom stereocenters. The number of benzene rings is 6. The molecule has 0 spiro atoms. The number of fused-ring (bicyclic) bond motifs is 5. The lowest BCUT2D eigenvalue weighted by atomic mass is 9.80. The van der Waals surface area contributed by atoms with Gasteiger partial charge in [0.05, 0.1) is 16.7 Å². The minimum absolute atomic E-state index is 0.0154. The quantitative estimate of drug-likeness (QED) is 0.204. The summed E-state index contributed by atoms with van der Waals surface area (Å²) in [5.74, 6) is 0.965. The van der Waals surface area contributed by atoms with E-state index in [1.54, 1.807) is 0 Å². The molecule has 46 heavy (non-hydrogen) atoms. The van der Waals surface area contributed by atoms with Crippen LogP contribution >= 0.6 is 0 Å². The molecule has 0 saturated carbocycles. The van der Waals surface area contributed by atoms with Gasteiger partial charge < -0.3 is 4.57 Å². The first kappa shape index (κ1) is 26.7. The average molecular weight is 592 g/mol. The van der Waals surface area contributed by atoms with Crippen LogP contribution in [0.3, 0.4) is 0 Å². The molecule has 3 heterocycles. The van der Waals surface area contributed by atoms with Crippen LogP contribution in [0.5, 0.6) is 0 Å². The highest BCUT2D eigenvalue weighted by molar-refractivity contribution is 6.17. The second-order valence-corrected chi connectivity index (χ2v) is 13.3. The lowest BCUT2D eigenvalue weighted by Gasteiger charge is -2.33. The van der Waals surface area contributed by atoms with Gasteiger partial charge in [-0.1, -0.05) is 112 Å². The van der Waals surface area contributed by atoms with E-state index in [0.29, 0.717) is 0 Å². The molecule has 1 aliphatic rings. The molecule has 0 saturated heterocycles. The number of anilines is 3. The molecule has 6 aromatic carbocycles. The Labute approximate surface area is 269 Å². The van der Waals surface area contributed by atoms with Crippen molar-refractivity contribution in [3.63, 3.8) is 0 Å². The molecule has 0 amide bonds. The van der Waals surface area contributed by atoms with E-state index in [9.17, 15) is 0 Å². The number of hydrogen-bond donors (Lipinski definition) is 0. The van der Waals surface area contributed by atoms with Crippen molar-refractivity contribution >= 4 is 49.8 Å². The maximum Gasteiger partial charge on any atom is 0.146 e. The van der Waals surface area contributed by atoms with Gasteiger partial charge in [-0.25, -0.2) is 4.98 Å². The van der Waals surface area contributed by atoms with Crippen molar-refractivity contribution in [2.75, 3.05) is 4.90 Å². The van der Waals surface area contributed by atoms with E-state index in [4.69, 9.17) is 4.98 Å². The van der Waals surface area contributed by atoms with Gasteiger partial charge in [-0.15, -0.1) is 0 Å². The highest BCUT2D eigenvalue weighted by atomic mass is 15.2. The number of rotatable bonds is 3. The molecule has 0 unspecified atom stereocenters. The van der Waals surface area contributed by atoms with Crippen LogP contribution in [0.2, 0.25) is 0 Å². The fourth-order valence-corrected chi connectivity index (χ4v) is 7.51. The lowest BCUT2D eigenvalue weighted by Crippen LogP contribution is -2.16. The minimum Gasteiger partial charge on any atom is -0.309 e. The Balaban J connectivity index is 1.32. The Kier molecular flexibility index (Phi) is 5.76. The normalized spacial score (nSPS) is 12.6. The van der Waals surface area contributed by atoms with Crippen molar-refractivity contribution < 1.29 is 0 Å². The van der Waals surface area contributed by atoms with Crippen LogP contribution in [0, 0.1) is 0 Å². The molecule has 1 aliphatic heterocycles. The second-order valence-electron chi connectivity index (χ2n) is 13.3. The van der Waals surface area contributed by atoms with Gasteiger partial charge in [-0.05, 0) is 81.6 Å². The maximum atomic E-state index is 5.12. The van der Waals surface area contributed by atoms with Gasteiger partial charge in [0.25, 0.3) is 0 Å². The molecule has 3 nitrogen and oxygen atoms in total. The third-order valence-electron chi connectivity index (χ3n) is 9.51. The summed E-state index contributed by atoms with van der Waals surface area (Å²) in [6.07, 6.45) is 1.98. The summed E-state index contributed by atoms with van der Waals surface area (Å²) < 4.78 is 2.37. The molecule has 0 N–H and O–H groups in total. The number of para-hydroxylation sites is 3. The second kappa shape index (κ2) is 9.92. The molecule has 3 heteroatoms. The smallest absolute Gasteiger partial charge is 0.146 e. The van der Waals surface area contributed by atoms with Crippen molar-refractivity contribution in [1.29, 1.82) is 0 Å². The zero-order valence-electron chi connectivity index (χ0n) is 26.2. The molecule has 0 aliphatic carbocycles. The first-order valence-corrected chi connectivity index (χ1v) is 16.0. The monoisotopic (exact) mass is 591 g/mol. The summed E-state index contributed by atoms with van der Waals surface area (Å²) in [6.45, 7) is 6.88. The van der Waals surface area contributed by atoms with Crippen molar-refractivity contribution in [1.82, 2.24) is 9.55 Å². The third-order valence-corrected chi connectivity index (χ3v) is 9.51. The summed E-state index contributed by atoms with van der Waals surface area (Å²) in [4.78, 5) is 7.48. The molecule has 220 valence electrons. The van der Waals surface area contributed by atoms with Gasteiger partial charge >= 0.3 is 0 Å². The highest BCUT2D eigenvalue weighted by Crippen LogP contribution is 2.52. The first-order chi connectivity index (χ1) is 22.5. The molecular weight excluding hydrogens is 558 g/mol. The van der Waals surface area contributed by atoms with Gasteiger partial charge in [0.1, 0.15) is 5.82 Å². The fraction of sp³-hybridized carbons (Fsp3) is 0.0930. The average Bonchev–Trinajstić information content (AvgIpc) is 3.42. The number of pyridine rings is 1. The van der Waals surface area contributed by atoms with Crippen molar-refractivity contribution in [3.05, 3.63) is 151 Å². The van der Waals surface area contributed by atoms with Crippen LogP contribution in [0.4, 0.5) is 17.2 Å². The van der Waals surface area contributed by atoms with E-state index in [0.717, 1.165) is 22.9 Å². The Bertz CT molecular complexity index is 2460. The summed E-state index contributed by atoms with van der Waals surface area (Å²) in [5.41, 5.74) is 12.1. The molecule has 0 bridgehead atoms. The summed E-state index contributed by atoms with van der Waals surface area (Å²) >= 11 is 0. The molecule has 8 aromatic rings. The van der Waals surface area contributed by atoms with Crippen LogP contribution in [0.1, 0.15) is 26.3 Å². The third kappa shape index (κ3) is 3.88. The molecule has 2 aromatic heterocycles. The van der Waals surface area contributed by atoms with Gasteiger partial charge in [0.2, 0.25) is 0 Å². The van der Waals surface area contributed by atoms with Crippen LogP contribution in [-0.2, 0) is 5.41 Å². The minimum atomic E-state index is 0.0154. The van der Waals surface area contributed by atoms with Gasteiger partial charge in [-0.2, -0.15) is 0 Å². The van der Waals surface area contributed by atoms with Crippen LogP contribution < -0.4 is 4.90 Å². The van der Waals surface area contributed by atoms with E-state index >= 15 is 0 Å². The predicted molar refractivity (Wildman–Crippen MR) is 194 cm³/mol. The first-order valence-electron chi connectivity index (χ1n) is 16.0. The topological polar surface area (TPSA) is 21.1 Å². The Morgan fingerprint density at radius 1 is 0.500 bits per heavy atom. The number of aromatic nitrogens is 2. The highest BCUT2D eigenvalue weighted by Gasteiger charge is 2.29. The fourth-order valence-electron chi connectivity index (χ4n) is 7.51. The zero-order valence-corrected chi connectivity index (χ0v) is 26.2. The lowest BCUT2D eigenvalue weighted by molar-refractivity contribution is 0.592. The van der Waals surface area contributed by atoms with E-state index in [1.165, 1.54) is 60.4 Å². The standard InChI is InChI=1S/C43H33N3/c1-43(2,3)37-18-10-7-15-31(37)30-22-23-34-32-16-8-12-20-39(32)46(42-41(34)35(30)25-26-44-42)29-21-24-40-36(27-29)33-17-9-11-19-38(33)45(40)28-13-5-4-6-14-28/h4-27H,1-3H3. The largest absolute Gasteiger partial charge is 0.309 e. The summed E-state index contributed by atoms with van der Waals surface area (Å²) in [5, 5.41) is 4.87.